The van der Waals surface area contributed by atoms with Crippen LogP contribution in [0.4, 0.5) is 5.82 Å². The van der Waals surface area contributed by atoms with Crippen molar-refractivity contribution in [3.05, 3.63) is 27.8 Å². The van der Waals surface area contributed by atoms with E-state index in [1.807, 2.05) is 6.92 Å². The van der Waals surface area contributed by atoms with Crippen LogP contribution >= 0.6 is 11.3 Å². The van der Waals surface area contributed by atoms with E-state index in [1.54, 1.807) is 19.4 Å². The number of aromatic nitrogens is 3. The van der Waals surface area contributed by atoms with Crippen molar-refractivity contribution >= 4 is 29.0 Å². The van der Waals surface area contributed by atoms with Gasteiger partial charge in [-0.3, -0.25) is 9.48 Å². The molecule has 2 aromatic rings. The van der Waals surface area contributed by atoms with E-state index in [0.29, 0.717) is 11.5 Å². The minimum absolute atomic E-state index is 0.0939. The maximum atomic E-state index is 12.2. The van der Waals surface area contributed by atoms with Crippen LogP contribution in [0.3, 0.4) is 0 Å². The number of hydrogen-bond donors (Lipinski definition) is 2. The van der Waals surface area contributed by atoms with Crippen molar-refractivity contribution in [3.8, 4) is 0 Å². The van der Waals surface area contributed by atoms with Gasteiger partial charge in [0.2, 0.25) is 5.91 Å². The van der Waals surface area contributed by atoms with Gasteiger partial charge in [0.25, 0.3) is 0 Å². The molecule has 0 spiro atoms. The van der Waals surface area contributed by atoms with Crippen LogP contribution in [-0.2, 0) is 23.0 Å². The normalized spacial score (nSPS) is 12.0. The molecule has 1 atom stereocenters. The summed E-state index contributed by atoms with van der Waals surface area (Å²) in [6.07, 6.45) is 1.46. The molecule has 0 fully saturated rings. The summed E-state index contributed by atoms with van der Waals surface area (Å²) >= 11 is 1.42. The smallest absolute Gasteiger partial charge is 0.343 e. The van der Waals surface area contributed by atoms with Crippen LogP contribution in [-0.4, -0.2) is 33.2 Å². The summed E-state index contributed by atoms with van der Waals surface area (Å²) in [5, 5.41) is 9.24. The molecule has 0 aliphatic carbocycles. The monoisotopic (exact) mass is 337 g/mol. The SMILES string of the molecule is CCOC(=O)c1cnn(C)c1NC(=O)Cc1csc(C(C)N)n1. The Kier molecular flexibility index (Phi) is 5.45. The third-order valence-corrected chi connectivity index (χ3v) is 4.09. The summed E-state index contributed by atoms with van der Waals surface area (Å²) in [6.45, 7) is 3.80. The number of carbonyl (C=O) groups excluding carboxylic acids is 2. The molecule has 0 aromatic carbocycles. The summed E-state index contributed by atoms with van der Waals surface area (Å²) in [7, 11) is 1.63. The zero-order valence-corrected chi connectivity index (χ0v) is 14.0. The molecule has 0 radical (unpaired) electrons. The van der Waals surface area contributed by atoms with E-state index >= 15 is 0 Å². The molecule has 0 bridgehead atoms. The van der Waals surface area contributed by atoms with E-state index in [1.165, 1.54) is 22.2 Å². The van der Waals surface area contributed by atoms with Crippen LogP contribution in [0.5, 0.6) is 0 Å². The average molecular weight is 337 g/mol. The number of amides is 1. The number of anilines is 1. The Bertz CT molecular complexity index is 707. The molecule has 0 aliphatic heterocycles. The number of rotatable bonds is 6. The van der Waals surface area contributed by atoms with Crippen LogP contribution in [0.1, 0.15) is 40.9 Å². The summed E-state index contributed by atoms with van der Waals surface area (Å²) in [5.74, 6) is -0.513. The Balaban J connectivity index is 2.08. The first kappa shape index (κ1) is 17.1. The highest BCUT2D eigenvalue weighted by atomic mass is 32.1. The van der Waals surface area contributed by atoms with Gasteiger partial charge in [-0.05, 0) is 13.8 Å². The van der Waals surface area contributed by atoms with Gasteiger partial charge in [0.05, 0.1) is 31.0 Å². The standard InChI is InChI=1S/C14H19N5O3S/c1-4-22-14(21)10-6-16-19(3)12(10)18-11(20)5-9-7-23-13(17-9)8(2)15/h6-8H,4-5,15H2,1-3H3,(H,18,20). The summed E-state index contributed by atoms with van der Waals surface area (Å²) in [5.41, 5.74) is 6.61. The highest BCUT2D eigenvalue weighted by Gasteiger charge is 2.19. The lowest BCUT2D eigenvalue weighted by molar-refractivity contribution is -0.115. The summed E-state index contributed by atoms with van der Waals surface area (Å²) < 4.78 is 6.36. The fraction of sp³-hybridized carbons (Fsp3) is 0.429. The highest BCUT2D eigenvalue weighted by Crippen LogP contribution is 2.18. The number of nitrogens with one attached hydrogen (secondary N) is 1. The second-order valence-electron chi connectivity index (χ2n) is 4.94. The molecule has 2 heterocycles. The van der Waals surface area contributed by atoms with Crippen molar-refractivity contribution in [2.75, 3.05) is 11.9 Å². The number of esters is 1. The van der Waals surface area contributed by atoms with Crippen LogP contribution in [0.15, 0.2) is 11.6 Å². The van der Waals surface area contributed by atoms with Crippen LogP contribution in [0, 0.1) is 0 Å². The lowest BCUT2D eigenvalue weighted by atomic mass is 10.3. The molecule has 124 valence electrons. The highest BCUT2D eigenvalue weighted by molar-refractivity contribution is 7.09. The van der Waals surface area contributed by atoms with Gasteiger partial charge in [0.1, 0.15) is 16.4 Å². The molecule has 23 heavy (non-hydrogen) atoms. The number of nitrogens with zero attached hydrogens (tertiary/aromatic N) is 3. The predicted octanol–water partition coefficient (Wildman–Crippen LogP) is 1.25. The first-order valence-corrected chi connectivity index (χ1v) is 7.99. The number of ether oxygens (including phenoxy) is 1. The number of carbonyl (C=O) groups is 2. The fourth-order valence-corrected chi connectivity index (χ4v) is 2.68. The van der Waals surface area contributed by atoms with Crippen molar-refractivity contribution in [3.63, 3.8) is 0 Å². The van der Waals surface area contributed by atoms with Crippen LogP contribution < -0.4 is 11.1 Å². The van der Waals surface area contributed by atoms with Gasteiger partial charge in [0.15, 0.2) is 0 Å². The maximum absolute atomic E-state index is 12.2. The Hall–Kier alpha value is -2.26. The van der Waals surface area contributed by atoms with E-state index in [9.17, 15) is 9.59 Å². The molecule has 8 nitrogen and oxygen atoms in total. The fourth-order valence-electron chi connectivity index (χ4n) is 1.90. The maximum Gasteiger partial charge on any atom is 0.343 e. The summed E-state index contributed by atoms with van der Waals surface area (Å²) in [4.78, 5) is 28.3. The lowest BCUT2D eigenvalue weighted by Crippen LogP contribution is -2.19. The summed E-state index contributed by atoms with van der Waals surface area (Å²) in [6, 6.07) is -0.163. The molecule has 0 saturated heterocycles. The van der Waals surface area contributed by atoms with E-state index in [0.717, 1.165) is 5.01 Å². The average Bonchev–Trinajstić information content (AvgIpc) is 3.07. The van der Waals surface area contributed by atoms with Gasteiger partial charge in [-0.15, -0.1) is 11.3 Å². The molecular formula is C14H19N5O3S. The third-order valence-electron chi connectivity index (χ3n) is 2.99. The molecule has 3 N–H and O–H groups in total. The van der Waals surface area contributed by atoms with Gasteiger partial charge in [-0.1, -0.05) is 0 Å². The lowest BCUT2D eigenvalue weighted by Gasteiger charge is -2.07. The predicted molar refractivity (Wildman–Crippen MR) is 86.2 cm³/mol. The van der Waals surface area contributed by atoms with Crippen molar-refractivity contribution < 1.29 is 14.3 Å². The third kappa shape index (κ3) is 4.14. The first-order valence-electron chi connectivity index (χ1n) is 7.11. The molecule has 2 aromatic heterocycles. The quantitative estimate of drug-likeness (QED) is 0.767. The minimum atomic E-state index is -0.524. The van der Waals surface area contributed by atoms with Gasteiger partial charge in [-0.2, -0.15) is 5.10 Å². The van der Waals surface area contributed by atoms with Gasteiger partial charge in [-0.25, -0.2) is 9.78 Å². The Morgan fingerprint density at radius 3 is 2.87 bits per heavy atom. The first-order chi connectivity index (χ1) is 10.9. The van der Waals surface area contributed by atoms with Crippen molar-refractivity contribution in [1.29, 1.82) is 0 Å². The minimum Gasteiger partial charge on any atom is -0.462 e. The van der Waals surface area contributed by atoms with Crippen LogP contribution in [0.25, 0.3) is 0 Å². The number of aryl methyl sites for hydroxylation is 1. The topological polar surface area (TPSA) is 112 Å². The molecular weight excluding hydrogens is 318 g/mol. The van der Waals surface area contributed by atoms with Crippen molar-refractivity contribution in [2.45, 2.75) is 26.3 Å². The van der Waals surface area contributed by atoms with Crippen molar-refractivity contribution in [1.82, 2.24) is 14.8 Å². The van der Waals surface area contributed by atoms with Gasteiger partial charge >= 0.3 is 5.97 Å². The number of nitrogens with two attached hydrogens (primary N) is 1. The molecule has 9 heteroatoms. The van der Waals surface area contributed by atoms with Gasteiger partial charge in [0, 0.05) is 12.4 Å². The van der Waals surface area contributed by atoms with E-state index < -0.39 is 5.97 Å². The van der Waals surface area contributed by atoms with E-state index in [-0.39, 0.29) is 30.5 Å². The Labute approximate surface area is 137 Å². The van der Waals surface area contributed by atoms with Gasteiger partial charge < -0.3 is 15.8 Å². The Morgan fingerprint density at radius 2 is 2.26 bits per heavy atom. The molecule has 0 saturated carbocycles. The number of hydrogen-bond acceptors (Lipinski definition) is 7. The second kappa shape index (κ2) is 7.34. The molecule has 0 aliphatic rings. The Morgan fingerprint density at radius 1 is 1.52 bits per heavy atom. The number of thiazole rings is 1. The zero-order chi connectivity index (χ0) is 17.0. The molecule has 2 rings (SSSR count). The zero-order valence-electron chi connectivity index (χ0n) is 13.2. The van der Waals surface area contributed by atoms with E-state index in [4.69, 9.17) is 10.5 Å². The van der Waals surface area contributed by atoms with E-state index in [2.05, 4.69) is 15.4 Å². The largest absolute Gasteiger partial charge is 0.462 e. The van der Waals surface area contributed by atoms with Crippen LogP contribution in [0.2, 0.25) is 0 Å². The van der Waals surface area contributed by atoms with Crippen molar-refractivity contribution in [2.24, 2.45) is 12.8 Å². The molecule has 1 unspecified atom stereocenters. The molecule has 1 amide bonds. The second-order valence-corrected chi connectivity index (χ2v) is 5.83.